The Balaban J connectivity index is 1.91. The van der Waals surface area contributed by atoms with Crippen molar-refractivity contribution in [3.8, 4) is 22.8 Å². The topological polar surface area (TPSA) is 59.7 Å². The molecule has 4 aromatic rings. The minimum Gasteiger partial charge on any atom is -0.503 e. The molecule has 0 spiro atoms. The molecule has 28 heavy (non-hydrogen) atoms. The summed E-state index contributed by atoms with van der Waals surface area (Å²) >= 11 is 6.21. The Hall–Kier alpha value is -3.05. The zero-order valence-corrected chi connectivity index (χ0v) is 16.6. The molecule has 0 radical (unpaired) electrons. The first kappa shape index (κ1) is 18.3. The van der Waals surface area contributed by atoms with Crippen molar-refractivity contribution in [2.75, 3.05) is 7.11 Å². The lowest BCUT2D eigenvalue weighted by Gasteiger charge is -2.16. The summed E-state index contributed by atoms with van der Waals surface area (Å²) in [6.45, 7) is 4.16. The first-order valence-electron chi connectivity index (χ1n) is 8.96. The summed E-state index contributed by atoms with van der Waals surface area (Å²) in [5, 5.41) is 14.7. The van der Waals surface area contributed by atoms with Gasteiger partial charge in [0.2, 0.25) is 0 Å². The smallest absolute Gasteiger partial charge is 0.176 e. The molecule has 0 saturated carbocycles. The zero-order chi connectivity index (χ0) is 19.8. The molecule has 0 aliphatic carbocycles. The van der Waals surface area contributed by atoms with E-state index in [1.54, 1.807) is 12.4 Å². The average molecular weight is 394 g/mol. The van der Waals surface area contributed by atoms with Crippen molar-refractivity contribution in [3.63, 3.8) is 0 Å². The maximum atomic E-state index is 10.0. The molecule has 0 saturated heterocycles. The highest BCUT2D eigenvalue weighted by atomic mass is 35.5. The van der Waals surface area contributed by atoms with Crippen LogP contribution in [0.15, 0.2) is 55.0 Å². The van der Waals surface area contributed by atoms with Crippen LogP contribution in [-0.2, 0) is 0 Å². The molecular weight excluding hydrogens is 374 g/mol. The predicted octanol–water partition coefficient (Wildman–Crippen LogP) is 5.22. The molecule has 2 aromatic carbocycles. The van der Waals surface area contributed by atoms with Crippen LogP contribution in [-0.4, -0.2) is 26.8 Å². The largest absolute Gasteiger partial charge is 0.503 e. The third kappa shape index (κ3) is 2.98. The Bertz CT molecular complexity index is 1170. The number of phenols is 1. The number of fused-ring (bicyclic) bond motifs is 1. The van der Waals surface area contributed by atoms with Crippen LogP contribution in [0.2, 0.25) is 5.02 Å². The summed E-state index contributed by atoms with van der Waals surface area (Å²) in [5.74, 6) is 0.296. The molecule has 142 valence electrons. The first-order valence-corrected chi connectivity index (χ1v) is 9.33. The van der Waals surface area contributed by atoms with E-state index < -0.39 is 0 Å². The van der Waals surface area contributed by atoms with Gasteiger partial charge in [-0.2, -0.15) is 5.10 Å². The van der Waals surface area contributed by atoms with Gasteiger partial charge >= 0.3 is 0 Å². The minimum atomic E-state index is -0.0502. The lowest BCUT2D eigenvalue weighted by Crippen LogP contribution is -2.01. The quantitative estimate of drug-likeness (QED) is 0.516. The Kier molecular flexibility index (Phi) is 4.69. The zero-order valence-electron chi connectivity index (χ0n) is 15.8. The second-order valence-electron chi connectivity index (χ2n) is 6.76. The summed E-state index contributed by atoms with van der Waals surface area (Å²) in [7, 11) is 1.51. The van der Waals surface area contributed by atoms with E-state index >= 15 is 0 Å². The lowest BCUT2D eigenvalue weighted by atomic mass is 9.92. The molecule has 6 heteroatoms. The standard InChI is InChI=1S/C22H20ClN3O2/c1-13-6-4-5-7-16(13)20-21-17(8-9-26(21)25-12-24-20)14(2)15-10-18(23)22(27)19(11-15)28-3/h4-12,14,27H,1-3H3. The maximum Gasteiger partial charge on any atom is 0.176 e. The van der Waals surface area contributed by atoms with Crippen molar-refractivity contribution in [2.45, 2.75) is 19.8 Å². The molecule has 4 rings (SSSR count). The van der Waals surface area contributed by atoms with Crippen LogP contribution in [0.25, 0.3) is 16.8 Å². The molecule has 2 heterocycles. The van der Waals surface area contributed by atoms with Crippen molar-refractivity contribution in [3.05, 3.63) is 76.7 Å². The molecule has 2 aromatic heterocycles. The molecular formula is C22H20ClN3O2. The van der Waals surface area contributed by atoms with E-state index in [2.05, 4.69) is 36.1 Å². The Morgan fingerprint density at radius 3 is 2.71 bits per heavy atom. The monoisotopic (exact) mass is 393 g/mol. The fourth-order valence-corrected chi connectivity index (χ4v) is 3.76. The number of hydrogen-bond donors (Lipinski definition) is 1. The van der Waals surface area contributed by atoms with Gasteiger partial charge in [0.15, 0.2) is 11.5 Å². The molecule has 0 bridgehead atoms. The summed E-state index contributed by atoms with van der Waals surface area (Å²) in [6.07, 6.45) is 3.51. The molecule has 0 aliphatic rings. The summed E-state index contributed by atoms with van der Waals surface area (Å²) < 4.78 is 7.11. The number of rotatable bonds is 4. The minimum absolute atomic E-state index is 0.00855. The van der Waals surface area contributed by atoms with Gasteiger partial charge in [0.25, 0.3) is 0 Å². The Labute approximate surface area is 168 Å². The molecule has 1 unspecified atom stereocenters. The number of benzene rings is 2. The number of nitrogens with zero attached hydrogens (tertiary/aromatic N) is 3. The van der Waals surface area contributed by atoms with Crippen molar-refractivity contribution in [1.29, 1.82) is 0 Å². The van der Waals surface area contributed by atoms with E-state index in [1.807, 2.05) is 35.0 Å². The molecule has 1 N–H and O–H groups in total. The summed E-state index contributed by atoms with van der Waals surface area (Å²) in [5.41, 5.74) is 6.07. The van der Waals surface area contributed by atoms with Crippen LogP contribution in [0.1, 0.15) is 29.5 Å². The number of aromatic nitrogens is 3. The van der Waals surface area contributed by atoms with Gasteiger partial charge in [-0.05, 0) is 41.8 Å². The van der Waals surface area contributed by atoms with Crippen molar-refractivity contribution in [2.24, 2.45) is 0 Å². The van der Waals surface area contributed by atoms with Crippen LogP contribution in [0.3, 0.4) is 0 Å². The molecule has 0 fully saturated rings. The fourth-order valence-electron chi connectivity index (χ4n) is 3.54. The third-order valence-corrected chi connectivity index (χ3v) is 5.41. The highest BCUT2D eigenvalue weighted by Gasteiger charge is 2.20. The normalized spacial score (nSPS) is 12.3. The van der Waals surface area contributed by atoms with Gasteiger partial charge in [0.1, 0.15) is 6.33 Å². The Morgan fingerprint density at radius 2 is 1.96 bits per heavy atom. The average Bonchev–Trinajstić information content (AvgIpc) is 3.14. The van der Waals surface area contributed by atoms with E-state index in [9.17, 15) is 5.11 Å². The van der Waals surface area contributed by atoms with Crippen molar-refractivity contribution in [1.82, 2.24) is 14.6 Å². The number of aryl methyl sites for hydroxylation is 1. The molecule has 1 atom stereocenters. The predicted molar refractivity (Wildman–Crippen MR) is 110 cm³/mol. The number of hydrogen-bond acceptors (Lipinski definition) is 4. The van der Waals surface area contributed by atoms with Crippen LogP contribution in [0, 0.1) is 6.92 Å². The maximum absolute atomic E-state index is 10.0. The van der Waals surface area contributed by atoms with E-state index in [0.29, 0.717) is 5.75 Å². The second kappa shape index (κ2) is 7.17. The fraction of sp³-hybridized carbons (Fsp3) is 0.182. The van der Waals surface area contributed by atoms with Gasteiger partial charge in [-0.15, -0.1) is 0 Å². The molecule has 0 aliphatic heterocycles. The number of aromatic hydroxyl groups is 1. The number of halogens is 1. The summed E-state index contributed by atoms with van der Waals surface area (Å²) in [6, 6.07) is 13.8. The van der Waals surface area contributed by atoms with Gasteiger partial charge < -0.3 is 9.84 Å². The van der Waals surface area contributed by atoms with Crippen LogP contribution in [0.4, 0.5) is 0 Å². The van der Waals surface area contributed by atoms with Gasteiger partial charge in [-0.3, -0.25) is 0 Å². The third-order valence-electron chi connectivity index (χ3n) is 5.12. The number of phenolic OH excluding ortho intramolecular Hbond substituents is 1. The van der Waals surface area contributed by atoms with Crippen molar-refractivity contribution < 1.29 is 9.84 Å². The molecule has 5 nitrogen and oxygen atoms in total. The van der Waals surface area contributed by atoms with E-state index in [4.69, 9.17) is 16.3 Å². The second-order valence-corrected chi connectivity index (χ2v) is 7.17. The lowest BCUT2D eigenvalue weighted by molar-refractivity contribution is 0.373. The van der Waals surface area contributed by atoms with Crippen LogP contribution < -0.4 is 4.74 Å². The number of ether oxygens (including phenoxy) is 1. The van der Waals surface area contributed by atoms with Crippen LogP contribution >= 0.6 is 11.6 Å². The van der Waals surface area contributed by atoms with Gasteiger partial charge in [0.05, 0.1) is 23.3 Å². The van der Waals surface area contributed by atoms with E-state index in [-0.39, 0.29) is 16.7 Å². The van der Waals surface area contributed by atoms with Gasteiger partial charge in [-0.25, -0.2) is 9.50 Å². The number of methoxy groups -OCH3 is 1. The van der Waals surface area contributed by atoms with Crippen molar-refractivity contribution >= 4 is 17.1 Å². The van der Waals surface area contributed by atoms with Gasteiger partial charge in [-0.1, -0.05) is 42.8 Å². The highest BCUT2D eigenvalue weighted by molar-refractivity contribution is 6.32. The van der Waals surface area contributed by atoms with Gasteiger partial charge in [0, 0.05) is 17.7 Å². The highest BCUT2D eigenvalue weighted by Crippen LogP contribution is 2.40. The van der Waals surface area contributed by atoms with E-state index in [0.717, 1.165) is 33.5 Å². The SMILES string of the molecule is COc1cc(C(C)c2ccn3ncnc(-c4ccccc4C)c23)cc(Cl)c1O. The Morgan fingerprint density at radius 1 is 1.18 bits per heavy atom. The van der Waals surface area contributed by atoms with E-state index in [1.165, 1.54) is 7.11 Å². The first-order chi connectivity index (χ1) is 13.5. The van der Waals surface area contributed by atoms with Crippen LogP contribution in [0.5, 0.6) is 11.5 Å². The molecule has 0 amide bonds. The summed E-state index contributed by atoms with van der Waals surface area (Å²) in [4.78, 5) is 4.59.